The van der Waals surface area contributed by atoms with Gasteiger partial charge in [0.15, 0.2) is 0 Å². The van der Waals surface area contributed by atoms with Crippen LogP contribution in [0.4, 0.5) is 17.6 Å². The van der Waals surface area contributed by atoms with Crippen LogP contribution in [0.2, 0.25) is 0 Å². The van der Waals surface area contributed by atoms with Gasteiger partial charge in [-0.2, -0.15) is 18.3 Å². The van der Waals surface area contributed by atoms with Gasteiger partial charge in [-0.3, -0.25) is 4.98 Å². The van der Waals surface area contributed by atoms with Gasteiger partial charge in [-0.05, 0) is 55.0 Å². The normalized spacial score (nSPS) is 14.2. The molecule has 5 nitrogen and oxygen atoms in total. The molecule has 0 saturated carbocycles. The first-order valence-corrected chi connectivity index (χ1v) is 9.66. The first-order chi connectivity index (χ1) is 15.2. The van der Waals surface area contributed by atoms with E-state index in [-0.39, 0.29) is 16.5 Å². The Balaban J connectivity index is 1.70. The maximum Gasteiger partial charge on any atom is 0.425 e. The fourth-order valence-corrected chi connectivity index (χ4v) is 4.01. The van der Waals surface area contributed by atoms with Gasteiger partial charge < -0.3 is 10.1 Å². The van der Waals surface area contributed by atoms with Crippen molar-refractivity contribution in [1.29, 1.82) is 0 Å². The smallest absolute Gasteiger partial charge is 0.372 e. The lowest BCUT2D eigenvalue weighted by molar-refractivity contribution is -0.247. The molecule has 0 aliphatic carbocycles. The molecule has 162 valence electrons. The maximum absolute atomic E-state index is 14.4. The zero-order valence-corrected chi connectivity index (χ0v) is 16.7. The summed E-state index contributed by atoms with van der Waals surface area (Å²) in [5.74, 6) is -0.410. The number of aliphatic hydroxyl groups is 1. The number of fused-ring (bicyclic) bond motifs is 2. The Hall–Kier alpha value is -3.72. The number of rotatable bonds is 3. The summed E-state index contributed by atoms with van der Waals surface area (Å²) in [7, 11) is 0. The summed E-state index contributed by atoms with van der Waals surface area (Å²) in [6, 6.07) is 11.0. The number of nitrogens with one attached hydrogen (secondary N) is 1. The number of aromatic amines is 1. The molecule has 1 unspecified atom stereocenters. The quantitative estimate of drug-likeness (QED) is 0.382. The van der Waals surface area contributed by atoms with Crippen LogP contribution in [0, 0.1) is 12.7 Å². The summed E-state index contributed by atoms with van der Waals surface area (Å²) in [6.45, 7) is 1.67. The Morgan fingerprint density at radius 3 is 2.50 bits per heavy atom. The van der Waals surface area contributed by atoms with Crippen molar-refractivity contribution in [2.75, 3.05) is 0 Å². The molecule has 0 amide bonds. The zero-order valence-electron chi connectivity index (χ0n) is 16.7. The molecule has 0 bridgehead atoms. The molecule has 0 saturated heterocycles. The largest absolute Gasteiger partial charge is 0.425 e. The molecule has 0 radical (unpaired) electrons. The molecular weight excluding hydrogens is 424 g/mol. The van der Waals surface area contributed by atoms with Crippen LogP contribution in [-0.2, 0) is 5.60 Å². The second-order valence-electron chi connectivity index (χ2n) is 7.54. The molecule has 5 rings (SSSR count). The summed E-state index contributed by atoms with van der Waals surface area (Å²) < 4.78 is 57.8. The predicted molar refractivity (Wildman–Crippen MR) is 111 cm³/mol. The van der Waals surface area contributed by atoms with Crippen molar-refractivity contribution in [3.05, 3.63) is 89.8 Å². The maximum atomic E-state index is 14.4. The van der Waals surface area contributed by atoms with Crippen molar-refractivity contribution >= 4 is 21.8 Å². The minimum atomic E-state index is -5.00. The molecule has 32 heavy (non-hydrogen) atoms. The molecule has 0 fully saturated rings. The summed E-state index contributed by atoms with van der Waals surface area (Å²) in [5, 5.41) is 16.0. The van der Waals surface area contributed by atoms with Crippen LogP contribution in [0.5, 0.6) is 0 Å². The van der Waals surface area contributed by atoms with Gasteiger partial charge in [0.05, 0.1) is 28.6 Å². The molecule has 0 spiro atoms. The van der Waals surface area contributed by atoms with E-state index in [1.54, 1.807) is 6.92 Å². The standard InChI is InChI=1S/C23H16F4N4O/c1-13-21-18(8-9-28-13)19(12-29-21)22(32,23(25,26)27)15-2-7-20-14(10-15)11-30-31(20)17-5-3-16(24)4-6-17/h2-12,29,32H,1H3. The third-order valence-electron chi connectivity index (χ3n) is 5.65. The van der Waals surface area contributed by atoms with E-state index in [0.717, 1.165) is 0 Å². The van der Waals surface area contributed by atoms with E-state index in [1.807, 2.05) is 0 Å². The lowest BCUT2D eigenvalue weighted by Gasteiger charge is -2.31. The van der Waals surface area contributed by atoms with Gasteiger partial charge in [-0.15, -0.1) is 0 Å². The zero-order chi connectivity index (χ0) is 22.7. The van der Waals surface area contributed by atoms with Crippen LogP contribution in [0.3, 0.4) is 0 Å². The lowest BCUT2D eigenvalue weighted by Crippen LogP contribution is -2.43. The van der Waals surface area contributed by atoms with Crippen LogP contribution in [0.15, 0.2) is 67.1 Å². The third kappa shape index (κ3) is 2.89. The number of aromatic nitrogens is 4. The fourth-order valence-electron chi connectivity index (χ4n) is 4.01. The molecule has 5 aromatic rings. The average Bonchev–Trinajstić information content (AvgIpc) is 3.38. The van der Waals surface area contributed by atoms with Crippen molar-refractivity contribution in [2.24, 2.45) is 0 Å². The fraction of sp³-hybridized carbons (Fsp3) is 0.130. The summed E-state index contributed by atoms with van der Waals surface area (Å²) in [6.07, 6.45) is -1.02. The van der Waals surface area contributed by atoms with Crippen LogP contribution < -0.4 is 0 Å². The number of benzene rings is 2. The van der Waals surface area contributed by atoms with Crippen molar-refractivity contribution in [3.63, 3.8) is 0 Å². The highest BCUT2D eigenvalue weighted by Gasteiger charge is 2.57. The highest BCUT2D eigenvalue weighted by molar-refractivity contribution is 5.87. The van der Waals surface area contributed by atoms with Crippen LogP contribution >= 0.6 is 0 Å². The Morgan fingerprint density at radius 1 is 1.03 bits per heavy atom. The SMILES string of the molecule is Cc1nccc2c(C(O)(c3ccc4c(cnn4-c4ccc(F)cc4)c3)C(F)(F)F)c[nH]c12. The van der Waals surface area contributed by atoms with Crippen LogP contribution in [0.25, 0.3) is 27.5 Å². The second kappa shape index (κ2) is 6.89. The topological polar surface area (TPSA) is 66.7 Å². The van der Waals surface area contributed by atoms with E-state index in [1.165, 1.54) is 71.8 Å². The minimum Gasteiger partial charge on any atom is -0.372 e. The van der Waals surface area contributed by atoms with Crippen LogP contribution in [0.1, 0.15) is 16.8 Å². The van der Waals surface area contributed by atoms with Gasteiger partial charge in [0, 0.05) is 28.7 Å². The van der Waals surface area contributed by atoms with E-state index < -0.39 is 17.6 Å². The lowest BCUT2D eigenvalue weighted by atomic mass is 9.85. The highest BCUT2D eigenvalue weighted by Crippen LogP contribution is 2.47. The number of pyridine rings is 1. The highest BCUT2D eigenvalue weighted by atomic mass is 19.4. The van der Waals surface area contributed by atoms with Gasteiger partial charge in [-0.1, -0.05) is 6.07 Å². The first-order valence-electron chi connectivity index (χ1n) is 9.66. The van der Waals surface area contributed by atoms with Gasteiger partial charge in [-0.25, -0.2) is 9.07 Å². The molecule has 9 heteroatoms. The molecular formula is C23H16F4N4O. The number of hydrogen-bond acceptors (Lipinski definition) is 3. The molecule has 3 heterocycles. The van der Waals surface area contributed by atoms with Gasteiger partial charge >= 0.3 is 6.18 Å². The summed E-state index contributed by atoms with van der Waals surface area (Å²) >= 11 is 0. The first kappa shape index (κ1) is 20.2. The number of alkyl halides is 3. The molecule has 2 aromatic carbocycles. The summed E-state index contributed by atoms with van der Waals surface area (Å²) in [5.41, 5.74) is -1.89. The molecule has 0 aliphatic rings. The van der Waals surface area contributed by atoms with Gasteiger partial charge in [0.25, 0.3) is 0 Å². The van der Waals surface area contributed by atoms with Gasteiger partial charge in [0.2, 0.25) is 5.60 Å². The molecule has 2 N–H and O–H groups in total. The number of H-pyrrole nitrogens is 1. The van der Waals surface area contributed by atoms with E-state index in [4.69, 9.17) is 0 Å². The van der Waals surface area contributed by atoms with Crippen molar-refractivity contribution in [1.82, 2.24) is 19.7 Å². The van der Waals surface area contributed by atoms with Crippen LogP contribution in [-0.4, -0.2) is 31.0 Å². The number of aryl methyl sites for hydroxylation is 1. The predicted octanol–water partition coefficient (Wildman–Crippen LogP) is 5.15. The van der Waals surface area contributed by atoms with Crippen molar-refractivity contribution in [2.45, 2.75) is 18.7 Å². The van der Waals surface area contributed by atoms with E-state index in [2.05, 4.69) is 15.1 Å². The van der Waals surface area contributed by atoms with E-state index >= 15 is 0 Å². The number of hydrogen-bond donors (Lipinski definition) is 2. The third-order valence-corrected chi connectivity index (χ3v) is 5.65. The minimum absolute atomic E-state index is 0.236. The molecule has 0 aliphatic heterocycles. The Kier molecular flexibility index (Phi) is 4.35. The molecule has 1 atom stereocenters. The molecule has 3 aromatic heterocycles. The Labute approximate surface area is 178 Å². The number of halogens is 4. The van der Waals surface area contributed by atoms with E-state index in [0.29, 0.717) is 27.8 Å². The summed E-state index contributed by atoms with van der Waals surface area (Å²) in [4.78, 5) is 6.89. The van der Waals surface area contributed by atoms with Crippen molar-refractivity contribution in [3.8, 4) is 5.69 Å². The Morgan fingerprint density at radius 2 is 1.78 bits per heavy atom. The monoisotopic (exact) mass is 440 g/mol. The average molecular weight is 440 g/mol. The Bertz CT molecular complexity index is 1450. The number of nitrogens with zero attached hydrogens (tertiary/aromatic N) is 3. The van der Waals surface area contributed by atoms with E-state index in [9.17, 15) is 22.7 Å². The second-order valence-corrected chi connectivity index (χ2v) is 7.54. The van der Waals surface area contributed by atoms with Crippen molar-refractivity contribution < 1.29 is 22.7 Å². The van der Waals surface area contributed by atoms with Gasteiger partial charge in [0.1, 0.15) is 5.82 Å².